The molecule has 78 valence electrons. The molecule has 1 amide bonds. The SMILES string of the molecule is Cc1coc(NC(=O)C(C)(C)CCl)n1. The minimum atomic E-state index is -0.621. The van der Waals surface area contributed by atoms with Gasteiger partial charge in [0.25, 0.3) is 0 Å². The van der Waals surface area contributed by atoms with Crippen molar-refractivity contribution in [3.8, 4) is 0 Å². The van der Waals surface area contributed by atoms with E-state index in [4.69, 9.17) is 16.0 Å². The van der Waals surface area contributed by atoms with Gasteiger partial charge in [-0.25, -0.2) is 0 Å². The highest BCUT2D eigenvalue weighted by Gasteiger charge is 2.27. The van der Waals surface area contributed by atoms with Crippen LogP contribution >= 0.6 is 11.6 Å². The number of oxazole rings is 1. The third-order valence-corrected chi connectivity index (χ3v) is 2.46. The Morgan fingerprint density at radius 3 is 2.79 bits per heavy atom. The molecule has 0 aromatic carbocycles. The molecular weight excluding hydrogens is 204 g/mol. The van der Waals surface area contributed by atoms with Crippen LogP contribution in [-0.2, 0) is 4.79 Å². The molecule has 1 heterocycles. The molecule has 0 radical (unpaired) electrons. The fraction of sp³-hybridized carbons (Fsp3) is 0.556. The molecule has 0 bridgehead atoms. The van der Waals surface area contributed by atoms with Crippen molar-refractivity contribution in [2.24, 2.45) is 5.41 Å². The first kappa shape index (κ1) is 11.0. The molecule has 1 rings (SSSR count). The van der Waals surface area contributed by atoms with E-state index in [9.17, 15) is 4.79 Å². The summed E-state index contributed by atoms with van der Waals surface area (Å²) in [6.07, 6.45) is 1.48. The third kappa shape index (κ3) is 2.48. The predicted octanol–water partition coefficient (Wildman–Crippen LogP) is 2.19. The highest BCUT2D eigenvalue weighted by Crippen LogP contribution is 2.19. The second-order valence-corrected chi connectivity index (χ2v) is 4.03. The maximum Gasteiger partial charge on any atom is 0.301 e. The van der Waals surface area contributed by atoms with Gasteiger partial charge in [-0.3, -0.25) is 10.1 Å². The van der Waals surface area contributed by atoms with Gasteiger partial charge in [0.15, 0.2) is 0 Å². The first-order valence-corrected chi connectivity index (χ1v) is 4.79. The summed E-state index contributed by atoms with van der Waals surface area (Å²) in [5.74, 6) is 0.0489. The zero-order chi connectivity index (χ0) is 10.8. The van der Waals surface area contributed by atoms with Gasteiger partial charge in [0, 0.05) is 5.88 Å². The molecule has 1 aromatic heterocycles. The van der Waals surface area contributed by atoms with E-state index in [1.165, 1.54) is 6.26 Å². The Bertz CT molecular complexity index is 333. The molecule has 1 N–H and O–H groups in total. The van der Waals surface area contributed by atoms with Gasteiger partial charge in [0.2, 0.25) is 5.91 Å². The summed E-state index contributed by atoms with van der Waals surface area (Å²) in [6.45, 7) is 5.29. The third-order valence-electron chi connectivity index (χ3n) is 1.79. The molecule has 0 aliphatic carbocycles. The van der Waals surface area contributed by atoms with Crippen LogP contribution in [0.2, 0.25) is 0 Å². The number of nitrogens with one attached hydrogen (secondary N) is 1. The molecule has 1 aromatic rings. The Labute approximate surface area is 87.6 Å². The van der Waals surface area contributed by atoms with Crippen LogP contribution < -0.4 is 5.32 Å². The number of alkyl halides is 1. The van der Waals surface area contributed by atoms with E-state index in [0.717, 1.165) is 5.69 Å². The number of carbonyl (C=O) groups excluding carboxylic acids is 1. The predicted molar refractivity (Wildman–Crippen MR) is 54.4 cm³/mol. The minimum absolute atomic E-state index is 0.200. The Morgan fingerprint density at radius 2 is 2.36 bits per heavy atom. The van der Waals surface area contributed by atoms with Gasteiger partial charge in [-0.2, -0.15) is 4.98 Å². The Kier molecular flexibility index (Phi) is 3.16. The van der Waals surface area contributed by atoms with Crippen LogP contribution in [0.3, 0.4) is 0 Å². The lowest BCUT2D eigenvalue weighted by atomic mass is 9.95. The van der Waals surface area contributed by atoms with Crippen molar-refractivity contribution in [2.75, 3.05) is 11.2 Å². The quantitative estimate of drug-likeness (QED) is 0.788. The summed E-state index contributed by atoms with van der Waals surface area (Å²) in [5, 5.41) is 2.55. The molecule has 5 heteroatoms. The lowest BCUT2D eigenvalue weighted by Crippen LogP contribution is -2.32. The van der Waals surface area contributed by atoms with Gasteiger partial charge in [-0.15, -0.1) is 11.6 Å². The maximum absolute atomic E-state index is 11.6. The Hall–Kier alpha value is -1.03. The zero-order valence-electron chi connectivity index (χ0n) is 8.43. The summed E-state index contributed by atoms with van der Waals surface area (Å²) in [7, 11) is 0. The summed E-state index contributed by atoms with van der Waals surface area (Å²) < 4.78 is 4.99. The van der Waals surface area contributed by atoms with Gasteiger partial charge < -0.3 is 4.42 Å². The van der Waals surface area contributed by atoms with E-state index in [-0.39, 0.29) is 17.8 Å². The molecule has 0 saturated carbocycles. The number of nitrogens with zero attached hydrogens (tertiary/aromatic N) is 1. The van der Waals surface area contributed by atoms with Crippen molar-refractivity contribution in [1.29, 1.82) is 0 Å². The number of aryl methyl sites for hydroxylation is 1. The van der Waals surface area contributed by atoms with E-state index in [0.29, 0.717) is 0 Å². The topological polar surface area (TPSA) is 55.1 Å². The Morgan fingerprint density at radius 1 is 1.71 bits per heavy atom. The number of hydrogen-bond donors (Lipinski definition) is 1. The number of halogens is 1. The van der Waals surface area contributed by atoms with Gasteiger partial charge in [0.1, 0.15) is 6.26 Å². The number of rotatable bonds is 3. The lowest BCUT2D eigenvalue weighted by molar-refractivity contribution is -0.123. The molecule has 0 saturated heterocycles. The van der Waals surface area contributed by atoms with Crippen LogP contribution in [0.1, 0.15) is 19.5 Å². The second kappa shape index (κ2) is 4.00. The number of carbonyl (C=O) groups is 1. The van der Waals surface area contributed by atoms with Crippen molar-refractivity contribution < 1.29 is 9.21 Å². The lowest BCUT2D eigenvalue weighted by Gasteiger charge is -2.18. The van der Waals surface area contributed by atoms with Crippen LogP contribution in [0.15, 0.2) is 10.7 Å². The van der Waals surface area contributed by atoms with Crippen LogP contribution in [0.5, 0.6) is 0 Å². The van der Waals surface area contributed by atoms with Crippen molar-refractivity contribution in [2.45, 2.75) is 20.8 Å². The van der Waals surface area contributed by atoms with Crippen molar-refractivity contribution in [3.63, 3.8) is 0 Å². The van der Waals surface area contributed by atoms with Crippen LogP contribution in [0.4, 0.5) is 6.01 Å². The number of hydrogen-bond acceptors (Lipinski definition) is 3. The minimum Gasteiger partial charge on any atom is -0.432 e. The maximum atomic E-state index is 11.6. The van der Waals surface area contributed by atoms with E-state index >= 15 is 0 Å². The van der Waals surface area contributed by atoms with Crippen molar-refractivity contribution >= 4 is 23.5 Å². The average molecular weight is 217 g/mol. The van der Waals surface area contributed by atoms with Gasteiger partial charge in [-0.1, -0.05) is 0 Å². The highest BCUT2D eigenvalue weighted by atomic mass is 35.5. The van der Waals surface area contributed by atoms with Gasteiger partial charge in [0.05, 0.1) is 11.1 Å². The standard InChI is InChI=1S/C9H13ClN2O2/c1-6-4-14-8(11-6)12-7(13)9(2,3)5-10/h4H,5H2,1-3H3,(H,11,12,13). The molecule has 14 heavy (non-hydrogen) atoms. The molecular formula is C9H13ClN2O2. The summed E-state index contributed by atoms with van der Waals surface area (Å²) in [6, 6.07) is 0.214. The normalized spacial score (nSPS) is 11.4. The molecule has 4 nitrogen and oxygen atoms in total. The van der Waals surface area contributed by atoms with Gasteiger partial charge in [-0.05, 0) is 20.8 Å². The van der Waals surface area contributed by atoms with Crippen LogP contribution in [0, 0.1) is 12.3 Å². The first-order chi connectivity index (χ1) is 6.45. The van der Waals surface area contributed by atoms with E-state index in [1.807, 2.05) is 0 Å². The van der Waals surface area contributed by atoms with Gasteiger partial charge >= 0.3 is 6.01 Å². The fourth-order valence-corrected chi connectivity index (χ4v) is 0.860. The largest absolute Gasteiger partial charge is 0.432 e. The number of amides is 1. The number of aromatic nitrogens is 1. The van der Waals surface area contributed by atoms with Crippen molar-refractivity contribution in [1.82, 2.24) is 4.98 Å². The summed E-state index contributed by atoms with van der Waals surface area (Å²) in [4.78, 5) is 15.5. The van der Waals surface area contributed by atoms with E-state index in [2.05, 4.69) is 10.3 Å². The second-order valence-electron chi connectivity index (χ2n) is 3.77. The molecule has 0 spiro atoms. The summed E-state index contributed by atoms with van der Waals surface area (Å²) in [5.41, 5.74) is 0.105. The smallest absolute Gasteiger partial charge is 0.301 e. The fourth-order valence-electron chi connectivity index (χ4n) is 0.738. The zero-order valence-corrected chi connectivity index (χ0v) is 9.18. The van der Waals surface area contributed by atoms with Crippen LogP contribution in [0.25, 0.3) is 0 Å². The van der Waals surface area contributed by atoms with E-state index < -0.39 is 5.41 Å². The van der Waals surface area contributed by atoms with Crippen LogP contribution in [-0.4, -0.2) is 16.8 Å². The molecule has 0 aliphatic heterocycles. The van der Waals surface area contributed by atoms with E-state index in [1.54, 1.807) is 20.8 Å². The molecule has 0 aliphatic rings. The Balaban J connectivity index is 2.66. The number of anilines is 1. The highest BCUT2D eigenvalue weighted by molar-refractivity contribution is 6.20. The monoisotopic (exact) mass is 216 g/mol. The molecule has 0 unspecified atom stereocenters. The van der Waals surface area contributed by atoms with Crippen molar-refractivity contribution in [3.05, 3.63) is 12.0 Å². The average Bonchev–Trinajstić information content (AvgIpc) is 2.51. The molecule has 0 atom stereocenters. The first-order valence-electron chi connectivity index (χ1n) is 4.25. The molecule has 0 fully saturated rings. The summed E-state index contributed by atoms with van der Waals surface area (Å²) >= 11 is 5.65.